The van der Waals surface area contributed by atoms with Gasteiger partial charge in [0, 0.05) is 117 Å². The van der Waals surface area contributed by atoms with Gasteiger partial charge in [-0.05, 0) is 48.9 Å². The Labute approximate surface area is 394 Å². The van der Waals surface area contributed by atoms with Gasteiger partial charge in [-0.25, -0.2) is 0 Å². The second kappa shape index (κ2) is 23.0. The fraction of sp³-hybridized carbons (Fsp3) is 0.333. The van der Waals surface area contributed by atoms with Crippen LogP contribution >= 0.6 is 0 Å². The Kier molecular flexibility index (Phi) is 16.7. The van der Waals surface area contributed by atoms with Crippen LogP contribution in [0.25, 0.3) is 10.8 Å². The van der Waals surface area contributed by atoms with E-state index in [4.69, 9.17) is 20.4 Å². The normalized spacial score (nSPS) is 20.3. The van der Waals surface area contributed by atoms with E-state index in [1.807, 2.05) is 28.0 Å². The SMILES string of the molecule is O=C(O)C1CCN(c2ccc([N+](=O)[O-])cc2)C1.O=C(O)C1CCN(c2cccc([N+](=O)[O-])c2)C1.O=C(O)C1CCN(c2cccc3ccccc23)C1.O=C(O)C1CNCC1c1ccccc1[N+](=O)[O-]. The first kappa shape index (κ1) is 50.2. The van der Waals surface area contributed by atoms with Gasteiger partial charge in [-0.3, -0.25) is 49.5 Å². The predicted octanol–water partition coefficient (Wildman–Crippen LogP) is 6.74. The first-order chi connectivity index (χ1) is 33.0. The van der Waals surface area contributed by atoms with Crippen molar-refractivity contribution in [3.63, 3.8) is 0 Å². The molecule has 4 aliphatic heterocycles. The summed E-state index contributed by atoms with van der Waals surface area (Å²) in [7, 11) is 0. The van der Waals surface area contributed by atoms with Gasteiger partial charge in [-0.15, -0.1) is 0 Å². The van der Waals surface area contributed by atoms with Crippen molar-refractivity contribution in [2.45, 2.75) is 25.2 Å². The molecule has 4 aliphatic rings. The molecule has 0 bridgehead atoms. The lowest BCUT2D eigenvalue weighted by molar-refractivity contribution is -0.385. The van der Waals surface area contributed by atoms with E-state index in [0.29, 0.717) is 69.9 Å². The minimum atomic E-state index is -0.918. The second-order valence-electron chi connectivity index (χ2n) is 16.9. The number of carboxylic acid groups (broad SMARTS) is 4. The first-order valence-corrected chi connectivity index (χ1v) is 22.1. The highest BCUT2D eigenvalue weighted by atomic mass is 16.6. The van der Waals surface area contributed by atoms with Gasteiger partial charge >= 0.3 is 23.9 Å². The molecule has 4 fully saturated rings. The van der Waals surface area contributed by atoms with Crippen LogP contribution in [0.1, 0.15) is 30.7 Å². The van der Waals surface area contributed by atoms with Gasteiger partial charge in [0.05, 0.1) is 38.4 Å². The number of para-hydroxylation sites is 1. The Bertz CT molecular complexity index is 2680. The molecule has 5 aromatic carbocycles. The lowest BCUT2D eigenvalue weighted by Gasteiger charge is -2.20. The molecular formula is C48H51N7O14. The lowest BCUT2D eigenvalue weighted by atomic mass is 9.88. The molecule has 4 heterocycles. The van der Waals surface area contributed by atoms with Crippen molar-refractivity contribution in [1.29, 1.82) is 0 Å². The maximum atomic E-state index is 11.1. The summed E-state index contributed by atoms with van der Waals surface area (Å²) in [5.74, 6) is -5.09. The monoisotopic (exact) mass is 949 g/mol. The zero-order valence-electron chi connectivity index (χ0n) is 37.2. The van der Waals surface area contributed by atoms with E-state index in [1.165, 1.54) is 41.1 Å². The van der Waals surface area contributed by atoms with Crippen LogP contribution in [0.3, 0.4) is 0 Å². The number of carboxylic acids is 4. The van der Waals surface area contributed by atoms with E-state index >= 15 is 0 Å². The van der Waals surface area contributed by atoms with Crippen LogP contribution in [0, 0.1) is 54.0 Å². The van der Waals surface area contributed by atoms with Gasteiger partial charge in [0.25, 0.3) is 17.1 Å². The first-order valence-electron chi connectivity index (χ1n) is 22.1. The van der Waals surface area contributed by atoms with Crippen molar-refractivity contribution >= 4 is 68.8 Å². The molecule has 362 valence electrons. The number of carbonyl (C=O) groups is 4. The van der Waals surface area contributed by atoms with Crippen LogP contribution in [0.4, 0.5) is 34.1 Å². The molecule has 0 aliphatic carbocycles. The number of rotatable bonds is 11. The fourth-order valence-electron chi connectivity index (χ4n) is 8.88. The van der Waals surface area contributed by atoms with E-state index in [2.05, 4.69) is 34.5 Å². The highest BCUT2D eigenvalue weighted by Gasteiger charge is 2.37. The third-order valence-corrected chi connectivity index (χ3v) is 12.6. The third kappa shape index (κ3) is 12.8. The highest BCUT2D eigenvalue weighted by molar-refractivity contribution is 5.94. The van der Waals surface area contributed by atoms with E-state index < -0.39 is 44.6 Å². The minimum absolute atomic E-state index is 0.00699. The number of nitrogens with one attached hydrogen (secondary N) is 1. The Hall–Kier alpha value is -8.20. The van der Waals surface area contributed by atoms with Crippen LogP contribution < -0.4 is 20.0 Å². The van der Waals surface area contributed by atoms with E-state index in [0.717, 1.165) is 24.3 Å². The highest BCUT2D eigenvalue weighted by Crippen LogP contribution is 2.35. The molecule has 0 saturated carbocycles. The molecule has 0 amide bonds. The summed E-state index contributed by atoms with van der Waals surface area (Å²) in [5, 5.41) is 73.3. The van der Waals surface area contributed by atoms with Crippen molar-refractivity contribution in [2.24, 2.45) is 23.7 Å². The van der Waals surface area contributed by atoms with Gasteiger partial charge < -0.3 is 40.4 Å². The van der Waals surface area contributed by atoms with Crippen LogP contribution in [0.5, 0.6) is 0 Å². The number of non-ortho nitro benzene ring substituents is 2. The number of anilines is 3. The van der Waals surface area contributed by atoms with E-state index in [1.54, 1.807) is 42.5 Å². The van der Waals surface area contributed by atoms with Crippen LogP contribution in [-0.2, 0) is 19.2 Å². The quantitative estimate of drug-likeness (QED) is 0.0676. The van der Waals surface area contributed by atoms with Gasteiger partial charge in [0.2, 0.25) is 0 Å². The van der Waals surface area contributed by atoms with Crippen LogP contribution in [-0.4, -0.2) is 111 Å². The maximum Gasteiger partial charge on any atom is 0.308 e. The Morgan fingerprint density at radius 2 is 1.04 bits per heavy atom. The second-order valence-corrected chi connectivity index (χ2v) is 16.9. The lowest BCUT2D eigenvalue weighted by Crippen LogP contribution is -2.22. The molecule has 9 rings (SSSR count). The van der Waals surface area contributed by atoms with Crippen molar-refractivity contribution in [2.75, 3.05) is 67.1 Å². The van der Waals surface area contributed by atoms with Gasteiger partial charge in [0.1, 0.15) is 0 Å². The molecule has 21 heteroatoms. The number of nitrogens with zero attached hydrogens (tertiary/aromatic N) is 6. The summed E-state index contributed by atoms with van der Waals surface area (Å²) in [5.41, 5.74) is 3.26. The van der Waals surface area contributed by atoms with E-state index in [9.17, 15) is 49.5 Å². The fourth-order valence-corrected chi connectivity index (χ4v) is 8.88. The summed E-state index contributed by atoms with van der Waals surface area (Å²) in [4.78, 5) is 80.3. The number of benzene rings is 5. The molecule has 21 nitrogen and oxygen atoms in total. The summed E-state index contributed by atoms with van der Waals surface area (Å²) < 4.78 is 0. The zero-order chi connectivity index (χ0) is 49.8. The Balaban J connectivity index is 0.000000151. The number of nitro groups is 3. The van der Waals surface area contributed by atoms with E-state index in [-0.39, 0.29) is 40.7 Å². The average Bonchev–Trinajstić information content (AvgIpc) is 4.20. The summed E-state index contributed by atoms with van der Waals surface area (Å²) in [6.07, 6.45) is 1.93. The Morgan fingerprint density at radius 1 is 0.522 bits per heavy atom. The summed E-state index contributed by atoms with van der Waals surface area (Å²) in [6.45, 7) is 4.43. The van der Waals surface area contributed by atoms with Gasteiger partial charge in [0.15, 0.2) is 0 Å². The van der Waals surface area contributed by atoms with Crippen LogP contribution in [0.15, 0.2) is 115 Å². The molecule has 4 saturated heterocycles. The van der Waals surface area contributed by atoms with Crippen molar-refractivity contribution in [3.8, 4) is 0 Å². The maximum absolute atomic E-state index is 11.1. The summed E-state index contributed by atoms with van der Waals surface area (Å²) >= 11 is 0. The molecule has 5 aromatic rings. The van der Waals surface area contributed by atoms with Crippen molar-refractivity contribution < 1.29 is 54.4 Å². The number of fused-ring (bicyclic) bond motifs is 1. The molecule has 5 unspecified atom stereocenters. The molecular weight excluding hydrogens is 899 g/mol. The van der Waals surface area contributed by atoms with Gasteiger partial charge in [-0.1, -0.05) is 60.7 Å². The number of hydrogen-bond donors (Lipinski definition) is 5. The largest absolute Gasteiger partial charge is 0.481 e. The molecule has 0 radical (unpaired) electrons. The summed E-state index contributed by atoms with van der Waals surface area (Å²) in [6, 6.07) is 33.2. The topological polar surface area (TPSA) is 300 Å². The Morgan fingerprint density at radius 3 is 1.61 bits per heavy atom. The van der Waals surface area contributed by atoms with Crippen molar-refractivity contribution in [1.82, 2.24) is 5.32 Å². The average molecular weight is 950 g/mol. The number of hydrogen-bond acceptors (Lipinski definition) is 14. The van der Waals surface area contributed by atoms with Gasteiger partial charge in [-0.2, -0.15) is 0 Å². The minimum Gasteiger partial charge on any atom is -0.481 e. The molecule has 5 N–H and O–H groups in total. The van der Waals surface area contributed by atoms with Crippen molar-refractivity contribution in [3.05, 3.63) is 151 Å². The molecule has 0 aromatic heterocycles. The van der Waals surface area contributed by atoms with Crippen LogP contribution in [0.2, 0.25) is 0 Å². The molecule has 0 spiro atoms. The smallest absolute Gasteiger partial charge is 0.308 e. The molecule has 5 atom stereocenters. The molecule has 69 heavy (non-hydrogen) atoms. The standard InChI is InChI=1S/C15H15NO2.3C11H12N2O4/c17-15(18)12-8-9-16(10-12)14-7-3-5-11-4-1-2-6-13(11)14;14-11(15)8-5-6-12(7-8)9-1-3-10(4-2-9)13(16)17;14-11(15)8-4-5-12(7-8)9-2-1-3-10(6-9)13(16)17;14-11(15)9-6-12-5-8(9)7-3-1-2-4-10(7)13(16)17/h1-7,12H,8-10H2,(H,17,18);1-4,8H,5-7H2,(H,14,15);1-3,6,8H,4-5,7H2,(H,14,15);1-4,8-9,12H,5-6H2,(H,14,15). The number of nitro benzene ring substituents is 3. The predicted molar refractivity (Wildman–Crippen MR) is 254 cm³/mol. The zero-order valence-corrected chi connectivity index (χ0v) is 37.2. The third-order valence-electron chi connectivity index (χ3n) is 12.6. The number of aliphatic carboxylic acids is 4.